The van der Waals surface area contributed by atoms with E-state index >= 15 is 0 Å². The second-order valence-corrected chi connectivity index (χ2v) is 4.45. The van der Waals surface area contributed by atoms with Gasteiger partial charge in [0.05, 0.1) is 6.61 Å². The second kappa shape index (κ2) is 6.91. The molecule has 108 valence electrons. The SMILES string of the molecule is O=C1CCC(Oc2ccc(OCCCO)cc2)C(=O)N1. The fourth-order valence-corrected chi connectivity index (χ4v) is 1.82. The van der Waals surface area contributed by atoms with Crippen molar-refractivity contribution in [3.05, 3.63) is 24.3 Å². The average Bonchev–Trinajstić information content (AvgIpc) is 2.44. The normalized spacial score (nSPS) is 18.6. The van der Waals surface area contributed by atoms with Crippen LogP contribution in [-0.4, -0.2) is 36.2 Å². The quantitative estimate of drug-likeness (QED) is 0.589. The fourth-order valence-electron chi connectivity index (χ4n) is 1.82. The molecule has 20 heavy (non-hydrogen) atoms. The van der Waals surface area contributed by atoms with Crippen molar-refractivity contribution in [2.45, 2.75) is 25.4 Å². The number of nitrogens with one attached hydrogen (secondary N) is 1. The summed E-state index contributed by atoms with van der Waals surface area (Å²) in [6.45, 7) is 0.542. The van der Waals surface area contributed by atoms with E-state index in [4.69, 9.17) is 14.6 Å². The van der Waals surface area contributed by atoms with Gasteiger partial charge >= 0.3 is 0 Å². The molecule has 1 heterocycles. The van der Waals surface area contributed by atoms with Crippen LogP contribution in [0.25, 0.3) is 0 Å². The van der Waals surface area contributed by atoms with Crippen LogP contribution in [0.5, 0.6) is 11.5 Å². The first-order chi connectivity index (χ1) is 9.69. The van der Waals surface area contributed by atoms with E-state index in [2.05, 4.69) is 5.32 Å². The van der Waals surface area contributed by atoms with E-state index in [1.807, 2.05) is 0 Å². The van der Waals surface area contributed by atoms with Crippen LogP contribution >= 0.6 is 0 Å². The van der Waals surface area contributed by atoms with Crippen LogP contribution in [0, 0.1) is 0 Å². The molecule has 1 aliphatic heterocycles. The van der Waals surface area contributed by atoms with Crippen molar-refractivity contribution >= 4 is 11.8 Å². The van der Waals surface area contributed by atoms with E-state index in [9.17, 15) is 9.59 Å². The molecule has 0 radical (unpaired) electrons. The Morgan fingerprint density at radius 3 is 2.55 bits per heavy atom. The van der Waals surface area contributed by atoms with Crippen molar-refractivity contribution < 1.29 is 24.2 Å². The Morgan fingerprint density at radius 2 is 1.90 bits per heavy atom. The Kier molecular flexibility index (Phi) is 4.95. The molecule has 6 nitrogen and oxygen atoms in total. The number of aliphatic hydroxyl groups is 1. The first kappa shape index (κ1) is 14.3. The molecule has 1 aliphatic rings. The Hall–Kier alpha value is -2.08. The predicted octanol–water partition coefficient (Wildman–Crippen LogP) is 0.632. The van der Waals surface area contributed by atoms with Crippen molar-refractivity contribution in [1.82, 2.24) is 5.32 Å². The second-order valence-electron chi connectivity index (χ2n) is 4.45. The Bertz CT molecular complexity index is 471. The van der Waals surface area contributed by atoms with E-state index in [0.29, 0.717) is 37.4 Å². The van der Waals surface area contributed by atoms with Gasteiger partial charge in [-0.1, -0.05) is 0 Å². The zero-order chi connectivity index (χ0) is 14.4. The highest BCUT2D eigenvalue weighted by Crippen LogP contribution is 2.20. The lowest BCUT2D eigenvalue weighted by Crippen LogP contribution is -2.46. The van der Waals surface area contributed by atoms with Crippen LogP contribution in [0.1, 0.15) is 19.3 Å². The van der Waals surface area contributed by atoms with Crippen LogP contribution in [-0.2, 0) is 9.59 Å². The summed E-state index contributed by atoms with van der Waals surface area (Å²) in [4.78, 5) is 22.6. The smallest absolute Gasteiger partial charge is 0.267 e. The molecule has 0 saturated carbocycles. The number of rotatable bonds is 6. The predicted molar refractivity (Wildman–Crippen MR) is 70.4 cm³/mol. The first-order valence-corrected chi connectivity index (χ1v) is 6.53. The number of carbonyl (C=O) groups is 2. The topological polar surface area (TPSA) is 84.9 Å². The van der Waals surface area contributed by atoms with Gasteiger partial charge in [0, 0.05) is 25.9 Å². The molecule has 2 amide bonds. The van der Waals surface area contributed by atoms with Crippen LogP contribution in [0.4, 0.5) is 0 Å². The summed E-state index contributed by atoms with van der Waals surface area (Å²) >= 11 is 0. The first-order valence-electron chi connectivity index (χ1n) is 6.53. The maximum Gasteiger partial charge on any atom is 0.267 e. The molecule has 1 aromatic rings. The van der Waals surface area contributed by atoms with E-state index in [0.717, 1.165) is 0 Å². The molecular weight excluding hydrogens is 262 g/mol. The standard InChI is InChI=1S/C14H17NO5/c16-8-1-9-19-10-2-4-11(5-3-10)20-12-6-7-13(17)15-14(12)18/h2-5,12,16H,1,6-9H2,(H,15,17,18). The van der Waals surface area contributed by atoms with Crippen molar-refractivity contribution in [1.29, 1.82) is 0 Å². The molecule has 2 rings (SSSR count). The monoisotopic (exact) mass is 279 g/mol. The molecule has 2 N–H and O–H groups in total. The van der Waals surface area contributed by atoms with Crippen LogP contribution in [0.15, 0.2) is 24.3 Å². The highest BCUT2D eigenvalue weighted by Gasteiger charge is 2.28. The summed E-state index contributed by atoms with van der Waals surface area (Å²) in [5.74, 6) is 0.565. The van der Waals surface area contributed by atoms with E-state index < -0.39 is 12.0 Å². The number of carbonyl (C=O) groups excluding carboxylic acids is 2. The van der Waals surface area contributed by atoms with Crippen molar-refractivity contribution in [2.24, 2.45) is 0 Å². The molecule has 0 aromatic heterocycles. The highest BCUT2D eigenvalue weighted by atomic mass is 16.5. The maximum atomic E-state index is 11.5. The zero-order valence-electron chi connectivity index (χ0n) is 11.0. The lowest BCUT2D eigenvalue weighted by molar-refractivity contribution is -0.138. The van der Waals surface area contributed by atoms with Crippen LogP contribution in [0.2, 0.25) is 0 Å². The summed E-state index contributed by atoms with van der Waals surface area (Å²) in [7, 11) is 0. The molecule has 1 saturated heterocycles. The summed E-state index contributed by atoms with van der Waals surface area (Å²) in [5.41, 5.74) is 0. The summed E-state index contributed by atoms with van der Waals surface area (Å²) in [5, 5.41) is 10.9. The largest absolute Gasteiger partial charge is 0.494 e. The molecule has 1 fully saturated rings. The van der Waals surface area contributed by atoms with Crippen LogP contribution in [0.3, 0.4) is 0 Å². The van der Waals surface area contributed by atoms with E-state index in [-0.39, 0.29) is 12.5 Å². The van der Waals surface area contributed by atoms with Crippen molar-refractivity contribution in [2.75, 3.05) is 13.2 Å². The highest BCUT2D eigenvalue weighted by molar-refractivity contribution is 5.99. The number of aliphatic hydroxyl groups excluding tert-OH is 1. The van der Waals surface area contributed by atoms with Gasteiger partial charge in [0.15, 0.2) is 6.10 Å². The van der Waals surface area contributed by atoms with E-state index in [1.54, 1.807) is 24.3 Å². The Labute approximate surface area is 116 Å². The zero-order valence-corrected chi connectivity index (χ0v) is 11.0. The van der Waals surface area contributed by atoms with Crippen molar-refractivity contribution in [3.8, 4) is 11.5 Å². The van der Waals surface area contributed by atoms with Crippen molar-refractivity contribution in [3.63, 3.8) is 0 Å². The minimum atomic E-state index is -0.631. The number of amides is 2. The Morgan fingerprint density at radius 1 is 1.20 bits per heavy atom. The lowest BCUT2D eigenvalue weighted by atomic mass is 10.1. The van der Waals surface area contributed by atoms with E-state index in [1.165, 1.54) is 0 Å². The molecule has 0 bridgehead atoms. The number of piperidine rings is 1. The summed E-state index contributed by atoms with van der Waals surface area (Å²) in [6, 6.07) is 6.88. The van der Waals surface area contributed by atoms with Gasteiger partial charge in [0.25, 0.3) is 5.91 Å². The number of benzene rings is 1. The van der Waals surface area contributed by atoms with Gasteiger partial charge in [-0.3, -0.25) is 14.9 Å². The lowest BCUT2D eigenvalue weighted by Gasteiger charge is -2.22. The molecule has 1 aromatic carbocycles. The average molecular weight is 279 g/mol. The van der Waals surface area contributed by atoms with Gasteiger partial charge < -0.3 is 14.6 Å². The summed E-state index contributed by atoms with van der Waals surface area (Å²) in [6.07, 6.45) is 0.626. The molecule has 1 atom stereocenters. The van der Waals surface area contributed by atoms with Gasteiger partial charge in [-0.25, -0.2) is 0 Å². The molecule has 0 aliphatic carbocycles. The minimum absolute atomic E-state index is 0.0940. The number of hydrogen-bond donors (Lipinski definition) is 2. The Balaban J connectivity index is 1.87. The third kappa shape index (κ3) is 3.96. The third-order valence-corrected chi connectivity index (χ3v) is 2.86. The molecule has 0 spiro atoms. The fraction of sp³-hybridized carbons (Fsp3) is 0.429. The van der Waals surface area contributed by atoms with Gasteiger partial charge in [0.2, 0.25) is 5.91 Å². The number of imide groups is 1. The summed E-state index contributed by atoms with van der Waals surface area (Å²) < 4.78 is 10.9. The maximum absolute atomic E-state index is 11.5. The third-order valence-electron chi connectivity index (χ3n) is 2.86. The molecule has 1 unspecified atom stereocenters. The molecule has 6 heteroatoms. The molecular formula is C14H17NO5. The van der Waals surface area contributed by atoms with Gasteiger partial charge in [0.1, 0.15) is 11.5 Å². The minimum Gasteiger partial charge on any atom is -0.494 e. The van der Waals surface area contributed by atoms with Gasteiger partial charge in [-0.05, 0) is 24.3 Å². The van der Waals surface area contributed by atoms with Gasteiger partial charge in [-0.15, -0.1) is 0 Å². The number of ether oxygens (including phenoxy) is 2. The number of hydrogen-bond acceptors (Lipinski definition) is 5. The van der Waals surface area contributed by atoms with Crippen LogP contribution < -0.4 is 14.8 Å². The van der Waals surface area contributed by atoms with Gasteiger partial charge in [-0.2, -0.15) is 0 Å².